The Morgan fingerprint density at radius 2 is 2.25 bits per heavy atom. The van der Waals surface area contributed by atoms with Gasteiger partial charge in [-0.3, -0.25) is 10.1 Å². The van der Waals surface area contributed by atoms with E-state index in [2.05, 4.69) is 5.32 Å². The quantitative estimate of drug-likeness (QED) is 0.667. The predicted molar refractivity (Wildman–Crippen MR) is 71.9 cm³/mol. The van der Waals surface area contributed by atoms with Crippen LogP contribution in [0.3, 0.4) is 0 Å². The number of rotatable bonds is 5. The molecule has 1 fully saturated rings. The Bertz CT molecular complexity index is 505. The molecule has 1 saturated heterocycles. The van der Waals surface area contributed by atoms with E-state index in [0.29, 0.717) is 19.5 Å². The highest BCUT2D eigenvalue weighted by molar-refractivity contribution is 5.65. The van der Waals surface area contributed by atoms with Crippen LogP contribution in [-0.2, 0) is 0 Å². The van der Waals surface area contributed by atoms with Crippen LogP contribution < -0.4 is 10.2 Å². The van der Waals surface area contributed by atoms with Crippen molar-refractivity contribution in [2.45, 2.75) is 25.8 Å². The highest BCUT2D eigenvalue weighted by Crippen LogP contribution is 2.34. The molecule has 0 aliphatic carbocycles. The average Bonchev–Trinajstić information content (AvgIpc) is 2.93. The molecule has 1 aromatic carbocycles. The highest BCUT2D eigenvalue weighted by Gasteiger charge is 2.31. The maximum atomic E-state index is 14.1. The first kappa shape index (κ1) is 14.6. The van der Waals surface area contributed by atoms with E-state index in [0.717, 1.165) is 25.1 Å². The predicted octanol–water partition coefficient (Wildman–Crippen LogP) is 2.45. The van der Waals surface area contributed by atoms with E-state index in [-0.39, 0.29) is 17.4 Å². The Balaban J connectivity index is 2.50. The molecule has 0 radical (unpaired) electrons. The fourth-order valence-electron chi connectivity index (χ4n) is 2.57. The third-order valence-electron chi connectivity index (χ3n) is 3.47. The summed E-state index contributed by atoms with van der Waals surface area (Å²) in [6.45, 7) is 3.74. The Labute approximate surface area is 115 Å². The molecule has 0 aromatic heterocycles. The fraction of sp³-hybridized carbons (Fsp3) is 0.538. The second-order valence-corrected chi connectivity index (χ2v) is 4.83. The van der Waals surface area contributed by atoms with E-state index < -0.39 is 16.6 Å². The minimum Gasteiger partial charge on any atom is -0.359 e. The minimum atomic E-state index is -1.14. The molecule has 0 bridgehead atoms. The van der Waals surface area contributed by atoms with Crippen LogP contribution in [0.4, 0.5) is 20.2 Å². The topological polar surface area (TPSA) is 58.4 Å². The lowest BCUT2D eigenvalue weighted by molar-refractivity contribution is -0.384. The number of benzene rings is 1. The molecule has 1 unspecified atom stereocenters. The molecule has 1 aliphatic heterocycles. The van der Waals surface area contributed by atoms with Gasteiger partial charge in [-0.15, -0.1) is 0 Å². The maximum absolute atomic E-state index is 14.1. The summed E-state index contributed by atoms with van der Waals surface area (Å²) in [5.41, 5.74) is -0.616. The maximum Gasteiger partial charge on any atom is 0.295 e. The highest BCUT2D eigenvalue weighted by atomic mass is 19.2. The Kier molecular flexibility index (Phi) is 4.49. The number of nitrogens with zero attached hydrogens (tertiary/aromatic N) is 2. The SMILES string of the molecule is CCCN(c1c([N+](=O)[O-])ccc(F)c1F)C1CCNC1. The van der Waals surface area contributed by atoms with Gasteiger partial charge in [-0.05, 0) is 25.5 Å². The van der Waals surface area contributed by atoms with Crippen molar-refractivity contribution in [3.05, 3.63) is 33.9 Å². The van der Waals surface area contributed by atoms with Crippen LogP contribution in [0, 0.1) is 21.7 Å². The summed E-state index contributed by atoms with van der Waals surface area (Å²) in [7, 11) is 0. The summed E-state index contributed by atoms with van der Waals surface area (Å²) in [6, 6.07) is 1.78. The third kappa shape index (κ3) is 2.72. The van der Waals surface area contributed by atoms with Gasteiger partial charge < -0.3 is 10.2 Å². The first-order chi connectivity index (χ1) is 9.56. The molecule has 1 N–H and O–H groups in total. The number of nitrogens with one attached hydrogen (secondary N) is 1. The van der Waals surface area contributed by atoms with Crippen molar-refractivity contribution < 1.29 is 13.7 Å². The second kappa shape index (κ2) is 6.13. The van der Waals surface area contributed by atoms with Crippen LogP contribution in [0.5, 0.6) is 0 Å². The lowest BCUT2D eigenvalue weighted by Crippen LogP contribution is -2.38. The summed E-state index contributed by atoms with van der Waals surface area (Å²) >= 11 is 0. The molecule has 1 aliphatic rings. The number of nitro groups is 1. The van der Waals surface area contributed by atoms with Crippen molar-refractivity contribution >= 4 is 11.4 Å². The zero-order valence-electron chi connectivity index (χ0n) is 11.2. The molecule has 7 heteroatoms. The van der Waals surface area contributed by atoms with Crippen molar-refractivity contribution in [3.63, 3.8) is 0 Å². The van der Waals surface area contributed by atoms with E-state index in [1.54, 1.807) is 4.90 Å². The van der Waals surface area contributed by atoms with Gasteiger partial charge in [-0.25, -0.2) is 8.78 Å². The van der Waals surface area contributed by atoms with Gasteiger partial charge in [-0.2, -0.15) is 0 Å². The van der Waals surface area contributed by atoms with Gasteiger partial charge in [-0.1, -0.05) is 6.92 Å². The lowest BCUT2D eigenvalue weighted by atomic mass is 10.1. The zero-order valence-corrected chi connectivity index (χ0v) is 11.2. The number of anilines is 1. The van der Waals surface area contributed by atoms with Gasteiger partial charge in [0.1, 0.15) is 0 Å². The van der Waals surface area contributed by atoms with Crippen molar-refractivity contribution in [1.29, 1.82) is 0 Å². The van der Waals surface area contributed by atoms with Gasteiger partial charge in [0.15, 0.2) is 17.3 Å². The first-order valence-electron chi connectivity index (χ1n) is 6.66. The van der Waals surface area contributed by atoms with E-state index in [1.807, 2.05) is 6.92 Å². The van der Waals surface area contributed by atoms with Crippen molar-refractivity contribution in [1.82, 2.24) is 5.32 Å². The minimum absolute atomic E-state index is 0.0510. The van der Waals surface area contributed by atoms with Crippen molar-refractivity contribution in [2.24, 2.45) is 0 Å². The van der Waals surface area contributed by atoms with E-state index in [1.165, 1.54) is 0 Å². The van der Waals surface area contributed by atoms with Crippen molar-refractivity contribution in [2.75, 3.05) is 24.5 Å². The van der Waals surface area contributed by atoms with Crippen molar-refractivity contribution in [3.8, 4) is 0 Å². The summed E-state index contributed by atoms with van der Waals surface area (Å²) in [5, 5.41) is 14.2. The molecule has 20 heavy (non-hydrogen) atoms. The molecule has 1 atom stereocenters. The van der Waals surface area contributed by atoms with Gasteiger partial charge in [0.2, 0.25) is 0 Å². The van der Waals surface area contributed by atoms with Gasteiger partial charge in [0, 0.05) is 25.2 Å². The average molecular weight is 285 g/mol. The van der Waals surface area contributed by atoms with E-state index >= 15 is 0 Å². The molecular weight excluding hydrogens is 268 g/mol. The van der Waals surface area contributed by atoms with Crippen LogP contribution in [0.1, 0.15) is 19.8 Å². The Morgan fingerprint density at radius 1 is 1.50 bits per heavy atom. The summed E-state index contributed by atoms with van der Waals surface area (Å²) in [6.07, 6.45) is 1.46. The molecule has 1 heterocycles. The molecule has 2 rings (SSSR count). The molecule has 110 valence electrons. The number of nitro benzene ring substituents is 1. The normalized spacial score (nSPS) is 18.2. The number of halogens is 2. The standard InChI is InChI=1S/C13H17F2N3O2/c1-2-7-17(9-5-6-16-8-9)13-11(18(19)20)4-3-10(14)12(13)15/h3-4,9,16H,2,5-8H2,1H3. The van der Waals surface area contributed by atoms with Gasteiger partial charge >= 0.3 is 0 Å². The number of hydrogen-bond donors (Lipinski definition) is 1. The molecule has 0 saturated carbocycles. The van der Waals surface area contributed by atoms with Crippen LogP contribution in [0.15, 0.2) is 12.1 Å². The summed E-state index contributed by atoms with van der Waals surface area (Å²) in [4.78, 5) is 12.0. The number of hydrogen-bond acceptors (Lipinski definition) is 4. The molecule has 5 nitrogen and oxygen atoms in total. The summed E-state index contributed by atoms with van der Waals surface area (Å²) in [5.74, 6) is -2.20. The first-order valence-corrected chi connectivity index (χ1v) is 6.66. The molecule has 1 aromatic rings. The zero-order chi connectivity index (χ0) is 14.7. The fourth-order valence-corrected chi connectivity index (χ4v) is 2.57. The summed E-state index contributed by atoms with van der Waals surface area (Å²) < 4.78 is 27.6. The van der Waals surface area contributed by atoms with Crippen LogP contribution in [0.2, 0.25) is 0 Å². The molecular formula is C13H17F2N3O2. The van der Waals surface area contributed by atoms with Gasteiger partial charge in [0.25, 0.3) is 5.69 Å². The Hall–Kier alpha value is -1.76. The van der Waals surface area contributed by atoms with Crippen LogP contribution in [0.25, 0.3) is 0 Å². The molecule has 0 amide bonds. The van der Waals surface area contributed by atoms with Crippen LogP contribution >= 0.6 is 0 Å². The third-order valence-corrected chi connectivity index (χ3v) is 3.47. The smallest absolute Gasteiger partial charge is 0.295 e. The lowest BCUT2D eigenvalue weighted by Gasteiger charge is -2.30. The van der Waals surface area contributed by atoms with E-state index in [4.69, 9.17) is 0 Å². The molecule has 0 spiro atoms. The Morgan fingerprint density at radius 3 is 2.80 bits per heavy atom. The van der Waals surface area contributed by atoms with Gasteiger partial charge in [0.05, 0.1) is 4.92 Å². The second-order valence-electron chi connectivity index (χ2n) is 4.83. The largest absolute Gasteiger partial charge is 0.359 e. The van der Waals surface area contributed by atoms with E-state index in [9.17, 15) is 18.9 Å². The monoisotopic (exact) mass is 285 g/mol. The van der Waals surface area contributed by atoms with Crippen LogP contribution in [-0.4, -0.2) is 30.6 Å².